The van der Waals surface area contributed by atoms with Gasteiger partial charge in [-0.2, -0.15) is 0 Å². The Kier molecular flexibility index (Phi) is 5.23. The molecule has 1 heterocycles. The third-order valence-corrected chi connectivity index (χ3v) is 3.79. The van der Waals surface area contributed by atoms with E-state index < -0.39 is 0 Å². The number of carbonyl (C=O) groups is 1. The summed E-state index contributed by atoms with van der Waals surface area (Å²) >= 11 is 0. The highest BCUT2D eigenvalue weighted by atomic mass is 16.7. The van der Waals surface area contributed by atoms with Crippen molar-refractivity contribution in [2.45, 2.75) is 71.4 Å². The fourth-order valence-corrected chi connectivity index (χ4v) is 1.96. The zero-order valence-corrected chi connectivity index (χ0v) is 12.3. The smallest absolute Gasteiger partial charge is 0.403 e. The van der Waals surface area contributed by atoms with Crippen molar-refractivity contribution in [2.75, 3.05) is 6.54 Å². The van der Waals surface area contributed by atoms with Crippen molar-refractivity contribution in [1.29, 1.82) is 0 Å². The van der Waals surface area contributed by atoms with Gasteiger partial charge in [-0.05, 0) is 40.4 Å². The van der Waals surface area contributed by atoms with Crippen LogP contribution >= 0.6 is 0 Å². The van der Waals surface area contributed by atoms with Crippen molar-refractivity contribution in [3.8, 4) is 0 Å². The average molecular weight is 255 g/mol. The highest BCUT2D eigenvalue weighted by Crippen LogP contribution is 2.38. The molecule has 0 unspecified atom stereocenters. The molecule has 1 aliphatic rings. The number of hydrogen-bond acceptors (Lipinski definition) is 3. The molecule has 0 aromatic carbocycles. The molecule has 1 aliphatic heterocycles. The van der Waals surface area contributed by atoms with Crippen LogP contribution in [0.15, 0.2) is 0 Å². The van der Waals surface area contributed by atoms with Gasteiger partial charge in [0.25, 0.3) is 0 Å². The lowest BCUT2D eigenvalue weighted by atomic mass is 9.82. The minimum absolute atomic E-state index is 0.0426. The molecule has 0 aliphatic carbocycles. The SMILES string of the molecule is CC(=O)NCCCCCB1OC(C)(C)C(C)(C)O1. The molecule has 0 spiro atoms. The lowest BCUT2D eigenvalue weighted by Gasteiger charge is -2.32. The second-order valence-corrected chi connectivity index (χ2v) is 6.02. The third kappa shape index (κ3) is 4.28. The molecule has 1 amide bonds. The van der Waals surface area contributed by atoms with Crippen LogP contribution in [0.4, 0.5) is 0 Å². The van der Waals surface area contributed by atoms with E-state index in [0.717, 1.165) is 32.1 Å². The minimum Gasteiger partial charge on any atom is -0.403 e. The predicted molar refractivity (Wildman–Crippen MR) is 73.4 cm³/mol. The molecule has 18 heavy (non-hydrogen) atoms. The Balaban J connectivity index is 2.13. The summed E-state index contributed by atoms with van der Waals surface area (Å²) in [6.45, 7) is 10.6. The normalized spacial score (nSPS) is 21.1. The number of unbranched alkanes of at least 4 members (excludes halogenated alkanes) is 2. The summed E-state index contributed by atoms with van der Waals surface area (Å²) in [7, 11) is -0.0873. The van der Waals surface area contributed by atoms with Crippen LogP contribution in [0.3, 0.4) is 0 Å². The van der Waals surface area contributed by atoms with Crippen LogP contribution in [-0.4, -0.2) is 30.8 Å². The maximum Gasteiger partial charge on any atom is 0.457 e. The van der Waals surface area contributed by atoms with E-state index in [0.29, 0.717) is 0 Å². The van der Waals surface area contributed by atoms with Gasteiger partial charge in [0.05, 0.1) is 11.2 Å². The topological polar surface area (TPSA) is 47.6 Å². The number of carbonyl (C=O) groups excluding carboxylic acids is 1. The first kappa shape index (κ1) is 15.5. The molecular weight excluding hydrogens is 229 g/mol. The lowest BCUT2D eigenvalue weighted by molar-refractivity contribution is -0.118. The summed E-state index contributed by atoms with van der Waals surface area (Å²) in [6, 6.07) is 0. The van der Waals surface area contributed by atoms with Crippen LogP contribution in [0.25, 0.3) is 0 Å². The molecule has 4 nitrogen and oxygen atoms in total. The molecule has 0 saturated carbocycles. The summed E-state index contributed by atoms with van der Waals surface area (Å²) in [6.07, 6.45) is 4.09. The van der Waals surface area contributed by atoms with E-state index in [4.69, 9.17) is 9.31 Å². The average Bonchev–Trinajstić information content (AvgIpc) is 2.40. The van der Waals surface area contributed by atoms with Crippen LogP contribution in [-0.2, 0) is 14.1 Å². The minimum atomic E-state index is -0.228. The molecule has 1 saturated heterocycles. The molecule has 0 aromatic rings. The van der Waals surface area contributed by atoms with E-state index in [2.05, 4.69) is 33.0 Å². The van der Waals surface area contributed by atoms with Gasteiger partial charge in [0, 0.05) is 13.5 Å². The molecule has 104 valence electrons. The van der Waals surface area contributed by atoms with E-state index in [1.165, 1.54) is 0 Å². The van der Waals surface area contributed by atoms with Crippen molar-refractivity contribution in [3.63, 3.8) is 0 Å². The summed E-state index contributed by atoms with van der Waals surface area (Å²) in [4.78, 5) is 10.7. The first-order valence-electron chi connectivity index (χ1n) is 6.85. The Morgan fingerprint density at radius 3 is 2.11 bits per heavy atom. The van der Waals surface area contributed by atoms with Gasteiger partial charge >= 0.3 is 7.12 Å². The van der Waals surface area contributed by atoms with Gasteiger partial charge in [0.2, 0.25) is 5.91 Å². The largest absolute Gasteiger partial charge is 0.457 e. The van der Waals surface area contributed by atoms with Crippen molar-refractivity contribution >= 4 is 13.0 Å². The van der Waals surface area contributed by atoms with Crippen molar-refractivity contribution in [1.82, 2.24) is 5.32 Å². The number of nitrogens with one attached hydrogen (secondary N) is 1. The molecule has 1 fully saturated rings. The molecule has 0 radical (unpaired) electrons. The summed E-state index contributed by atoms with van der Waals surface area (Å²) in [5.74, 6) is 0.0426. The van der Waals surface area contributed by atoms with Crippen LogP contribution in [0, 0.1) is 0 Å². The zero-order chi connectivity index (χ0) is 13.8. The fourth-order valence-electron chi connectivity index (χ4n) is 1.96. The van der Waals surface area contributed by atoms with Gasteiger partial charge in [-0.3, -0.25) is 4.79 Å². The number of amides is 1. The van der Waals surface area contributed by atoms with Crippen molar-refractivity contribution in [3.05, 3.63) is 0 Å². The maximum atomic E-state index is 10.7. The lowest BCUT2D eigenvalue weighted by Crippen LogP contribution is -2.41. The van der Waals surface area contributed by atoms with Crippen LogP contribution in [0.5, 0.6) is 0 Å². The van der Waals surface area contributed by atoms with Gasteiger partial charge < -0.3 is 14.6 Å². The highest BCUT2D eigenvalue weighted by Gasteiger charge is 2.50. The maximum absolute atomic E-state index is 10.7. The van der Waals surface area contributed by atoms with Crippen molar-refractivity contribution < 1.29 is 14.1 Å². The monoisotopic (exact) mass is 255 g/mol. The summed E-state index contributed by atoms with van der Waals surface area (Å²) in [5, 5.41) is 2.80. The second-order valence-electron chi connectivity index (χ2n) is 6.02. The quantitative estimate of drug-likeness (QED) is 0.585. The molecular formula is C13H26BNO3. The van der Waals surface area contributed by atoms with Crippen LogP contribution < -0.4 is 5.32 Å². The molecule has 1 rings (SSSR count). The van der Waals surface area contributed by atoms with E-state index in [-0.39, 0.29) is 24.2 Å². The highest BCUT2D eigenvalue weighted by molar-refractivity contribution is 6.45. The predicted octanol–water partition coefficient (Wildman–Crippen LogP) is 2.39. The van der Waals surface area contributed by atoms with E-state index in [1.807, 2.05) is 0 Å². The standard InChI is InChI=1S/C13H26BNO3/c1-11(16)15-10-8-6-7-9-14-17-12(2,3)13(4,5)18-14/h6-10H2,1-5H3,(H,15,16). The first-order valence-corrected chi connectivity index (χ1v) is 6.85. The first-order chi connectivity index (χ1) is 8.24. The van der Waals surface area contributed by atoms with Crippen LogP contribution in [0.2, 0.25) is 6.32 Å². The Labute approximate surface area is 111 Å². The Morgan fingerprint density at radius 1 is 1.06 bits per heavy atom. The number of rotatable bonds is 6. The molecule has 0 bridgehead atoms. The van der Waals surface area contributed by atoms with Gasteiger partial charge in [-0.15, -0.1) is 0 Å². The zero-order valence-electron chi connectivity index (χ0n) is 12.3. The second kappa shape index (κ2) is 6.07. The summed E-state index contributed by atoms with van der Waals surface area (Å²) < 4.78 is 11.8. The summed E-state index contributed by atoms with van der Waals surface area (Å²) in [5.41, 5.74) is -0.457. The van der Waals surface area contributed by atoms with Gasteiger partial charge in [-0.25, -0.2) is 0 Å². The Morgan fingerprint density at radius 2 is 1.61 bits per heavy atom. The number of hydrogen-bond donors (Lipinski definition) is 1. The van der Waals surface area contributed by atoms with Crippen molar-refractivity contribution in [2.24, 2.45) is 0 Å². The molecule has 0 atom stereocenters. The fraction of sp³-hybridized carbons (Fsp3) is 0.923. The van der Waals surface area contributed by atoms with E-state index >= 15 is 0 Å². The third-order valence-electron chi connectivity index (χ3n) is 3.79. The van der Waals surface area contributed by atoms with Gasteiger partial charge in [0.1, 0.15) is 0 Å². The van der Waals surface area contributed by atoms with Gasteiger partial charge in [0.15, 0.2) is 0 Å². The van der Waals surface area contributed by atoms with Crippen LogP contribution in [0.1, 0.15) is 53.9 Å². The molecule has 1 N–H and O–H groups in total. The van der Waals surface area contributed by atoms with E-state index in [1.54, 1.807) is 6.92 Å². The Bertz CT molecular complexity index is 276. The van der Waals surface area contributed by atoms with E-state index in [9.17, 15) is 4.79 Å². The Hall–Kier alpha value is -0.545. The van der Waals surface area contributed by atoms with Gasteiger partial charge in [-0.1, -0.05) is 12.8 Å². The molecule has 0 aromatic heterocycles. The molecule has 5 heteroatoms.